The number of halogens is 1. The number of rotatable bonds is 10. The van der Waals surface area contributed by atoms with Crippen LogP contribution in [0.3, 0.4) is 0 Å². The predicted octanol–water partition coefficient (Wildman–Crippen LogP) is 2.51. The minimum absolute atomic E-state index is 0. The number of likely N-dealkylation sites (tertiary alicyclic amines) is 1. The van der Waals surface area contributed by atoms with Crippen molar-refractivity contribution in [2.75, 3.05) is 60.7 Å². The van der Waals surface area contributed by atoms with Crippen LogP contribution in [0.15, 0.2) is 4.99 Å². The third-order valence-corrected chi connectivity index (χ3v) is 5.21. The SMILES string of the molecule is CN=C(NCC1(CCOC)CC1)N1CCC(OCCCOC)CC1.I. The van der Waals surface area contributed by atoms with Crippen LogP contribution in [0, 0.1) is 5.41 Å². The molecule has 2 aliphatic rings. The van der Waals surface area contributed by atoms with Gasteiger partial charge in [-0.1, -0.05) is 0 Å². The zero-order chi connectivity index (χ0) is 17.3. The molecule has 0 radical (unpaired) electrons. The fourth-order valence-electron chi connectivity index (χ4n) is 3.30. The van der Waals surface area contributed by atoms with Crippen LogP contribution in [-0.2, 0) is 14.2 Å². The minimum atomic E-state index is 0. The van der Waals surface area contributed by atoms with E-state index in [2.05, 4.69) is 15.2 Å². The van der Waals surface area contributed by atoms with E-state index in [1.807, 2.05) is 7.05 Å². The molecule has 2 rings (SSSR count). The van der Waals surface area contributed by atoms with E-state index in [1.165, 1.54) is 12.8 Å². The van der Waals surface area contributed by atoms with Crippen molar-refractivity contribution in [2.45, 2.75) is 44.6 Å². The second-order valence-corrected chi connectivity index (χ2v) is 7.05. The zero-order valence-corrected chi connectivity index (χ0v) is 18.4. The van der Waals surface area contributed by atoms with Crippen molar-refractivity contribution in [3.63, 3.8) is 0 Å². The molecular weight excluding hydrogens is 433 g/mol. The summed E-state index contributed by atoms with van der Waals surface area (Å²) in [5.41, 5.74) is 0.439. The number of nitrogens with zero attached hydrogens (tertiary/aromatic N) is 2. The van der Waals surface area contributed by atoms with E-state index in [9.17, 15) is 0 Å². The molecule has 0 atom stereocenters. The van der Waals surface area contributed by atoms with Gasteiger partial charge in [0.2, 0.25) is 0 Å². The highest BCUT2D eigenvalue weighted by Crippen LogP contribution is 2.48. The van der Waals surface area contributed by atoms with Crippen LogP contribution < -0.4 is 5.32 Å². The van der Waals surface area contributed by atoms with Crippen molar-refractivity contribution in [1.82, 2.24) is 10.2 Å². The molecule has 1 N–H and O–H groups in total. The first-order valence-corrected chi connectivity index (χ1v) is 9.28. The van der Waals surface area contributed by atoms with Gasteiger partial charge in [-0.3, -0.25) is 4.99 Å². The van der Waals surface area contributed by atoms with Gasteiger partial charge in [0.05, 0.1) is 6.10 Å². The van der Waals surface area contributed by atoms with Crippen molar-refractivity contribution < 1.29 is 14.2 Å². The second-order valence-electron chi connectivity index (χ2n) is 7.05. The fraction of sp³-hybridized carbons (Fsp3) is 0.944. The molecule has 0 aromatic rings. The maximum atomic E-state index is 5.93. The highest BCUT2D eigenvalue weighted by Gasteiger charge is 2.42. The van der Waals surface area contributed by atoms with Crippen LogP contribution in [-0.4, -0.2) is 77.7 Å². The standard InChI is InChI=1S/C18H35N3O3.HI/c1-19-17(20-15-18(7-8-18)9-14-23-3)21-10-5-16(6-11-21)24-13-4-12-22-2;/h16H,4-15H2,1-3H3,(H,19,20);1H. The van der Waals surface area contributed by atoms with Crippen molar-refractivity contribution in [3.05, 3.63) is 0 Å². The van der Waals surface area contributed by atoms with Crippen molar-refractivity contribution in [2.24, 2.45) is 10.4 Å². The van der Waals surface area contributed by atoms with Gasteiger partial charge in [0.25, 0.3) is 0 Å². The summed E-state index contributed by atoms with van der Waals surface area (Å²) in [6.07, 6.45) is 7.25. The van der Waals surface area contributed by atoms with Gasteiger partial charge in [-0.25, -0.2) is 0 Å². The number of hydrogen-bond donors (Lipinski definition) is 1. The Morgan fingerprint density at radius 2 is 1.80 bits per heavy atom. The summed E-state index contributed by atoms with van der Waals surface area (Å²) >= 11 is 0. The Kier molecular flexibility index (Phi) is 11.3. The topological polar surface area (TPSA) is 55.3 Å². The monoisotopic (exact) mass is 469 g/mol. The molecule has 7 heteroatoms. The summed E-state index contributed by atoms with van der Waals surface area (Å²) in [4.78, 5) is 6.84. The average Bonchev–Trinajstić information content (AvgIpc) is 3.39. The Bertz CT molecular complexity index is 384. The maximum Gasteiger partial charge on any atom is 0.193 e. The molecule has 1 saturated carbocycles. The lowest BCUT2D eigenvalue weighted by molar-refractivity contribution is 0.00986. The minimum Gasteiger partial charge on any atom is -0.385 e. The first kappa shape index (κ1) is 22.9. The molecule has 0 spiro atoms. The van der Waals surface area contributed by atoms with Gasteiger partial charge in [0, 0.05) is 60.7 Å². The van der Waals surface area contributed by atoms with E-state index in [4.69, 9.17) is 14.2 Å². The van der Waals surface area contributed by atoms with Gasteiger partial charge < -0.3 is 24.4 Å². The van der Waals surface area contributed by atoms with E-state index >= 15 is 0 Å². The van der Waals surface area contributed by atoms with Gasteiger partial charge in [-0.2, -0.15) is 0 Å². The van der Waals surface area contributed by atoms with E-state index in [-0.39, 0.29) is 24.0 Å². The Morgan fingerprint density at radius 3 is 2.36 bits per heavy atom. The number of ether oxygens (including phenoxy) is 3. The van der Waals surface area contributed by atoms with Gasteiger partial charge in [0.1, 0.15) is 0 Å². The molecule has 2 fully saturated rings. The Labute approximate surface area is 170 Å². The van der Waals surface area contributed by atoms with Gasteiger partial charge in [0.15, 0.2) is 5.96 Å². The van der Waals surface area contributed by atoms with Gasteiger partial charge in [-0.05, 0) is 43.9 Å². The number of methoxy groups -OCH3 is 2. The molecule has 0 aromatic carbocycles. The second kappa shape index (κ2) is 12.3. The molecule has 1 saturated heterocycles. The molecule has 6 nitrogen and oxygen atoms in total. The summed E-state index contributed by atoms with van der Waals surface area (Å²) in [6.45, 7) is 5.47. The molecule has 0 unspecified atom stereocenters. The van der Waals surface area contributed by atoms with E-state index in [0.717, 1.165) is 71.1 Å². The molecule has 0 aromatic heterocycles. The molecular formula is C18H36IN3O3. The predicted molar refractivity (Wildman–Crippen MR) is 112 cm³/mol. The molecule has 0 bridgehead atoms. The Morgan fingerprint density at radius 1 is 1.12 bits per heavy atom. The number of hydrogen-bond acceptors (Lipinski definition) is 4. The first-order chi connectivity index (χ1) is 11.7. The summed E-state index contributed by atoms with van der Waals surface area (Å²) in [7, 11) is 5.40. The lowest BCUT2D eigenvalue weighted by Gasteiger charge is -2.34. The van der Waals surface area contributed by atoms with E-state index < -0.39 is 0 Å². The normalized spacial score (nSPS) is 20.3. The van der Waals surface area contributed by atoms with Crippen LogP contribution in [0.5, 0.6) is 0 Å². The van der Waals surface area contributed by atoms with Crippen LogP contribution in [0.25, 0.3) is 0 Å². The lowest BCUT2D eigenvalue weighted by Crippen LogP contribution is -2.48. The smallest absolute Gasteiger partial charge is 0.193 e. The van der Waals surface area contributed by atoms with E-state index in [0.29, 0.717) is 11.5 Å². The van der Waals surface area contributed by atoms with Crippen LogP contribution >= 0.6 is 24.0 Å². The number of aliphatic imine (C=N–C) groups is 1. The highest BCUT2D eigenvalue weighted by atomic mass is 127. The lowest BCUT2D eigenvalue weighted by atomic mass is 10.0. The van der Waals surface area contributed by atoms with Crippen molar-refractivity contribution in [1.29, 1.82) is 0 Å². The number of guanidine groups is 1. The third-order valence-electron chi connectivity index (χ3n) is 5.21. The van der Waals surface area contributed by atoms with Crippen LogP contribution in [0.1, 0.15) is 38.5 Å². The molecule has 25 heavy (non-hydrogen) atoms. The summed E-state index contributed by atoms with van der Waals surface area (Å²) in [5.74, 6) is 1.04. The summed E-state index contributed by atoms with van der Waals surface area (Å²) in [6, 6.07) is 0. The zero-order valence-electron chi connectivity index (χ0n) is 16.1. The van der Waals surface area contributed by atoms with Crippen LogP contribution in [0.4, 0.5) is 0 Å². The van der Waals surface area contributed by atoms with Crippen LogP contribution in [0.2, 0.25) is 0 Å². The third kappa shape index (κ3) is 7.97. The molecule has 1 aliphatic carbocycles. The summed E-state index contributed by atoms with van der Waals surface area (Å²) in [5, 5.41) is 3.59. The quantitative estimate of drug-likeness (QED) is 0.231. The van der Waals surface area contributed by atoms with Gasteiger partial charge >= 0.3 is 0 Å². The number of piperidine rings is 1. The highest BCUT2D eigenvalue weighted by molar-refractivity contribution is 14.0. The summed E-state index contributed by atoms with van der Waals surface area (Å²) < 4.78 is 16.2. The fourth-order valence-corrected chi connectivity index (χ4v) is 3.30. The largest absolute Gasteiger partial charge is 0.385 e. The molecule has 1 heterocycles. The average molecular weight is 469 g/mol. The first-order valence-electron chi connectivity index (χ1n) is 9.28. The Balaban J connectivity index is 0.00000312. The van der Waals surface area contributed by atoms with E-state index in [1.54, 1.807) is 14.2 Å². The molecule has 148 valence electrons. The van der Waals surface area contributed by atoms with Gasteiger partial charge in [-0.15, -0.1) is 24.0 Å². The van der Waals surface area contributed by atoms with Crippen molar-refractivity contribution in [3.8, 4) is 0 Å². The number of nitrogens with one attached hydrogen (secondary N) is 1. The molecule has 0 amide bonds. The molecule has 1 aliphatic heterocycles. The maximum absolute atomic E-state index is 5.93. The van der Waals surface area contributed by atoms with Crippen molar-refractivity contribution >= 4 is 29.9 Å². The Hall–Kier alpha value is -0.120.